The summed E-state index contributed by atoms with van der Waals surface area (Å²) in [7, 11) is 1.87. The number of rotatable bonds is 3. The van der Waals surface area contributed by atoms with E-state index >= 15 is 0 Å². The minimum atomic E-state index is -0.0688. The van der Waals surface area contributed by atoms with Gasteiger partial charge in [-0.25, -0.2) is 4.98 Å². The number of nitrogens with one attached hydrogen (secondary N) is 1. The lowest BCUT2D eigenvalue weighted by molar-refractivity contribution is 0.200. The van der Waals surface area contributed by atoms with Crippen LogP contribution in [0.3, 0.4) is 0 Å². The maximum absolute atomic E-state index is 5.96. The van der Waals surface area contributed by atoms with Crippen molar-refractivity contribution in [2.45, 2.75) is 58.0 Å². The van der Waals surface area contributed by atoms with E-state index in [1.54, 1.807) is 0 Å². The second-order valence-corrected chi connectivity index (χ2v) is 5.94. The fourth-order valence-electron chi connectivity index (χ4n) is 2.13. The molecular formula is C14H23N3O. The third-order valence-electron chi connectivity index (χ3n) is 3.22. The molecule has 1 aromatic rings. The van der Waals surface area contributed by atoms with E-state index in [0.29, 0.717) is 12.0 Å². The van der Waals surface area contributed by atoms with E-state index in [0.717, 1.165) is 24.5 Å². The molecule has 1 aromatic heterocycles. The van der Waals surface area contributed by atoms with Crippen LogP contribution in [0.4, 0.5) is 5.82 Å². The van der Waals surface area contributed by atoms with E-state index in [1.807, 2.05) is 13.1 Å². The molecule has 0 amide bonds. The number of aromatic nitrogens is 2. The molecule has 0 spiro atoms. The highest BCUT2D eigenvalue weighted by Crippen LogP contribution is 2.27. The van der Waals surface area contributed by atoms with Crippen molar-refractivity contribution in [1.29, 1.82) is 0 Å². The summed E-state index contributed by atoms with van der Waals surface area (Å²) in [6.45, 7) is 6.34. The van der Waals surface area contributed by atoms with Crippen LogP contribution >= 0.6 is 0 Å². The maximum Gasteiger partial charge on any atom is 0.219 e. The van der Waals surface area contributed by atoms with Gasteiger partial charge in [-0.3, -0.25) is 0 Å². The zero-order valence-electron chi connectivity index (χ0n) is 11.8. The summed E-state index contributed by atoms with van der Waals surface area (Å²) < 4.78 is 5.96. The lowest BCUT2D eigenvalue weighted by atomic mass is 9.96. The van der Waals surface area contributed by atoms with Crippen molar-refractivity contribution < 1.29 is 4.74 Å². The van der Waals surface area contributed by atoms with Gasteiger partial charge in [-0.1, -0.05) is 20.8 Å². The summed E-state index contributed by atoms with van der Waals surface area (Å²) in [6, 6.07) is 1.88. The Balaban J connectivity index is 2.23. The van der Waals surface area contributed by atoms with Gasteiger partial charge in [0.25, 0.3) is 0 Å². The summed E-state index contributed by atoms with van der Waals surface area (Å²) in [5, 5.41) is 3.07. The third-order valence-corrected chi connectivity index (χ3v) is 3.22. The van der Waals surface area contributed by atoms with Crippen LogP contribution in [-0.4, -0.2) is 23.1 Å². The van der Waals surface area contributed by atoms with Gasteiger partial charge in [0.05, 0.1) is 0 Å². The number of hydrogen-bond acceptors (Lipinski definition) is 4. The standard InChI is InChI=1S/C14H23N3O/c1-14(2,3)13-16-11(15-4)9-12(17-13)18-10-7-5-6-8-10/h9-10H,5-8H2,1-4H3,(H,15,16,17). The summed E-state index contributed by atoms with van der Waals surface area (Å²) in [5.74, 6) is 2.34. The number of ether oxygens (including phenoxy) is 1. The summed E-state index contributed by atoms with van der Waals surface area (Å²) in [4.78, 5) is 9.04. The maximum atomic E-state index is 5.96. The molecule has 0 aliphatic heterocycles. The quantitative estimate of drug-likeness (QED) is 0.894. The molecule has 4 heteroatoms. The summed E-state index contributed by atoms with van der Waals surface area (Å²) in [6.07, 6.45) is 5.15. The van der Waals surface area contributed by atoms with E-state index in [-0.39, 0.29) is 5.41 Å². The SMILES string of the molecule is CNc1cc(OC2CCCC2)nc(C(C)(C)C)n1. The smallest absolute Gasteiger partial charge is 0.219 e. The van der Waals surface area contributed by atoms with Gasteiger partial charge in [0.15, 0.2) is 0 Å². The molecule has 4 nitrogen and oxygen atoms in total. The average Bonchev–Trinajstić information content (AvgIpc) is 2.80. The monoisotopic (exact) mass is 249 g/mol. The molecular weight excluding hydrogens is 226 g/mol. The number of hydrogen-bond donors (Lipinski definition) is 1. The van der Waals surface area contributed by atoms with Gasteiger partial charge < -0.3 is 10.1 Å². The van der Waals surface area contributed by atoms with Gasteiger partial charge in [-0.05, 0) is 25.7 Å². The van der Waals surface area contributed by atoms with Crippen molar-refractivity contribution in [2.75, 3.05) is 12.4 Å². The predicted octanol–water partition coefficient (Wildman–Crippen LogP) is 3.14. The van der Waals surface area contributed by atoms with Gasteiger partial charge in [0.2, 0.25) is 5.88 Å². The molecule has 18 heavy (non-hydrogen) atoms. The molecule has 2 rings (SSSR count). The Morgan fingerprint density at radius 1 is 1.22 bits per heavy atom. The second kappa shape index (κ2) is 5.12. The molecule has 1 heterocycles. The highest BCUT2D eigenvalue weighted by Gasteiger charge is 2.22. The van der Waals surface area contributed by atoms with Crippen LogP contribution < -0.4 is 10.1 Å². The predicted molar refractivity (Wildman–Crippen MR) is 73.2 cm³/mol. The molecule has 0 unspecified atom stereocenters. The third kappa shape index (κ3) is 3.12. The highest BCUT2D eigenvalue weighted by atomic mass is 16.5. The van der Waals surface area contributed by atoms with Crippen molar-refractivity contribution in [2.24, 2.45) is 0 Å². The van der Waals surface area contributed by atoms with Gasteiger partial charge >= 0.3 is 0 Å². The highest BCUT2D eigenvalue weighted by molar-refractivity contribution is 5.38. The minimum absolute atomic E-state index is 0.0688. The van der Waals surface area contributed by atoms with Crippen molar-refractivity contribution >= 4 is 5.82 Å². The Morgan fingerprint density at radius 2 is 1.89 bits per heavy atom. The van der Waals surface area contributed by atoms with Crippen molar-refractivity contribution in [1.82, 2.24) is 9.97 Å². The fraction of sp³-hybridized carbons (Fsp3) is 0.714. The molecule has 0 bridgehead atoms. The fourth-order valence-corrected chi connectivity index (χ4v) is 2.13. The van der Waals surface area contributed by atoms with Gasteiger partial charge in [0, 0.05) is 18.5 Å². The Hall–Kier alpha value is -1.32. The van der Waals surface area contributed by atoms with E-state index < -0.39 is 0 Å². The van der Waals surface area contributed by atoms with Crippen LogP contribution in [0.15, 0.2) is 6.07 Å². The first kappa shape index (κ1) is 13.1. The van der Waals surface area contributed by atoms with Crippen LogP contribution in [0.5, 0.6) is 5.88 Å². The topological polar surface area (TPSA) is 47.0 Å². The second-order valence-electron chi connectivity index (χ2n) is 5.94. The lowest BCUT2D eigenvalue weighted by Gasteiger charge is -2.19. The molecule has 0 saturated heterocycles. The van der Waals surface area contributed by atoms with Crippen LogP contribution in [0.2, 0.25) is 0 Å². The molecule has 1 fully saturated rings. The molecule has 1 aliphatic carbocycles. The Kier molecular flexibility index (Phi) is 3.73. The zero-order valence-corrected chi connectivity index (χ0v) is 11.8. The van der Waals surface area contributed by atoms with Gasteiger partial charge in [0.1, 0.15) is 17.7 Å². The van der Waals surface area contributed by atoms with E-state index in [9.17, 15) is 0 Å². The summed E-state index contributed by atoms with van der Waals surface area (Å²) >= 11 is 0. The van der Waals surface area contributed by atoms with E-state index in [2.05, 4.69) is 36.1 Å². The molecule has 0 aromatic carbocycles. The van der Waals surface area contributed by atoms with Crippen LogP contribution in [-0.2, 0) is 5.41 Å². The first-order valence-corrected chi connectivity index (χ1v) is 6.73. The van der Waals surface area contributed by atoms with Crippen molar-refractivity contribution in [3.05, 3.63) is 11.9 Å². The number of nitrogens with zero attached hydrogens (tertiary/aromatic N) is 2. The molecule has 0 radical (unpaired) electrons. The molecule has 0 atom stereocenters. The first-order chi connectivity index (χ1) is 8.49. The van der Waals surface area contributed by atoms with Gasteiger partial charge in [-0.15, -0.1) is 0 Å². The average molecular weight is 249 g/mol. The largest absolute Gasteiger partial charge is 0.474 e. The first-order valence-electron chi connectivity index (χ1n) is 6.73. The van der Waals surface area contributed by atoms with E-state index in [4.69, 9.17) is 4.74 Å². The Bertz CT molecular complexity index is 406. The Labute approximate surface area is 109 Å². The van der Waals surface area contributed by atoms with Crippen molar-refractivity contribution in [3.63, 3.8) is 0 Å². The van der Waals surface area contributed by atoms with Crippen molar-refractivity contribution in [3.8, 4) is 5.88 Å². The zero-order chi connectivity index (χ0) is 13.2. The number of anilines is 1. The molecule has 1 N–H and O–H groups in total. The summed E-state index contributed by atoms with van der Waals surface area (Å²) in [5.41, 5.74) is -0.0688. The minimum Gasteiger partial charge on any atom is -0.474 e. The van der Waals surface area contributed by atoms with Gasteiger partial charge in [-0.2, -0.15) is 4.98 Å². The molecule has 1 saturated carbocycles. The van der Waals surface area contributed by atoms with Crippen LogP contribution in [0.25, 0.3) is 0 Å². The van der Waals surface area contributed by atoms with E-state index in [1.165, 1.54) is 12.8 Å². The van der Waals surface area contributed by atoms with Crippen LogP contribution in [0.1, 0.15) is 52.3 Å². The lowest BCUT2D eigenvalue weighted by Crippen LogP contribution is -2.19. The Morgan fingerprint density at radius 3 is 2.44 bits per heavy atom. The molecule has 1 aliphatic rings. The molecule has 100 valence electrons. The van der Waals surface area contributed by atoms with Crippen LogP contribution in [0, 0.1) is 0 Å². The normalized spacial score (nSPS) is 16.9.